The number of aryl methyl sites for hydroxylation is 1. The Balaban J connectivity index is 1.73. The number of methoxy groups -OCH3 is 1. The third-order valence-corrected chi connectivity index (χ3v) is 4.23. The quantitative estimate of drug-likeness (QED) is 0.678. The van der Waals surface area contributed by atoms with Gasteiger partial charge >= 0.3 is 0 Å². The fourth-order valence-electron chi connectivity index (χ4n) is 2.66. The fraction of sp³-hybridized carbons (Fsp3) is 0.136. The van der Waals surface area contributed by atoms with E-state index in [2.05, 4.69) is 22.5 Å². The molecule has 0 aliphatic heterocycles. The van der Waals surface area contributed by atoms with Crippen LogP contribution in [0.5, 0.6) is 5.75 Å². The maximum Gasteiger partial charge on any atom is 0.274 e. The Labute approximate surface area is 163 Å². The van der Waals surface area contributed by atoms with E-state index in [1.165, 1.54) is 24.9 Å². The first kappa shape index (κ1) is 19.1. The second-order valence-electron chi connectivity index (χ2n) is 6.09. The monoisotopic (exact) mass is 375 g/mol. The lowest BCUT2D eigenvalue weighted by Crippen LogP contribution is -2.17. The van der Waals surface area contributed by atoms with Gasteiger partial charge in [0.1, 0.15) is 11.4 Å². The van der Waals surface area contributed by atoms with Gasteiger partial charge in [-0.3, -0.25) is 14.6 Å². The van der Waals surface area contributed by atoms with Gasteiger partial charge in [-0.1, -0.05) is 31.2 Å². The van der Waals surface area contributed by atoms with Gasteiger partial charge < -0.3 is 15.4 Å². The minimum atomic E-state index is -0.379. The average Bonchev–Trinajstić information content (AvgIpc) is 2.74. The van der Waals surface area contributed by atoms with Gasteiger partial charge in [-0.15, -0.1) is 0 Å². The van der Waals surface area contributed by atoms with Crippen LogP contribution in [-0.2, 0) is 6.42 Å². The molecule has 142 valence electrons. The van der Waals surface area contributed by atoms with Gasteiger partial charge in [0.2, 0.25) is 0 Å². The van der Waals surface area contributed by atoms with Crippen molar-refractivity contribution in [2.45, 2.75) is 13.3 Å². The summed E-state index contributed by atoms with van der Waals surface area (Å²) in [5.41, 5.74) is 2.90. The number of nitrogens with one attached hydrogen (secondary N) is 2. The molecule has 0 atom stereocenters. The molecule has 2 aromatic carbocycles. The third kappa shape index (κ3) is 4.54. The molecule has 1 heterocycles. The number of carbonyl (C=O) groups excluding carboxylic acids is 2. The molecule has 0 bridgehead atoms. The summed E-state index contributed by atoms with van der Waals surface area (Å²) in [5, 5.41) is 5.57. The number of benzene rings is 2. The van der Waals surface area contributed by atoms with Crippen LogP contribution in [0.2, 0.25) is 0 Å². The molecular weight excluding hydrogens is 354 g/mol. The van der Waals surface area contributed by atoms with Gasteiger partial charge in [-0.05, 0) is 48.4 Å². The van der Waals surface area contributed by atoms with Crippen LogP contribution in [0, 0.1) is 0 Å². The van der Waals surface area contributed by atoms with Crippen LogP contribution in [0.4, 0.5) is 11.4 Å². The topological polar surface area (TPSA) is 80.3 Å². The number of nitrogens with zero attached hydrogens (tertiary/aromatic N) is 1. The molecule has 0 spiro atoms. The SMILES string of the molecule is CCc1ccc(NC(=O)c2cc(C(=O)Nc3ccccc3OC)ccn2)cc1. The standard InChI is InChI=1S/C22H21N3O3/c1-3-15-8-10-17(11-9-15)24-22(27)19-14-16(12-13-23-19)21(26)25-18-6-4-5-7-20(18)28-2/h4-14H,3H2,1-2H3,(H,24,27)(H,25,26). The number of anilines is 2. The van der Waals surface area contributed by atoms with Crippen LogP contribution in [0.25, 0.3) is 0 Å². The van der Waals surface area contributed by atoms with Crippen molar-refractivity contribution in [3.63, 3.8) is 0 Å². The molecule has 28 heavy (non-hydrogen) atoms. The minimum absolute atomic E-state index is 0.159. The number of para-hydroxylation sites is 2. The fourth-order valence-corrected chi connectivity index (χ4v) is 2.66. The Kier molecular flexibility index (Phi) is 6.01. The molecule has 0 radical (unpaired) electrons. The van der Waals surface area contributed by atoms with E-state index >= 15 is 0 Å². The molecule has 2 N–H and O–H groups in total. The van der Waals surface area contributed by atoms with Gasteiger partial charge in [0.05, 0.1) is 12.8 Å². The minimum Gasteiger partial charge on any atom is -0.495 e. The molecule has 0 aliphatic carbocycles. The van der Waals surface area contributed by atoms with Gasteiger partial charge in [0, 0.05) is 17.4 Å². The van der Waals surface area contributed by atoms with Crippen LogP contribution in [0.1, 0.15) is 33.3 Å². The summed E-state index contributed by atoms with van der Waals surface area (Å²) in [7, 11) is 1.53. The van der Waals surface area contributed by atoms with E-state index < -0.39 is 0 Å². The van der Waals surface area contributed by atoms with E-state index in [9.17, 15) is 9.59 Å². The second-order valence-corrected chi connectivity index (χ2v) is 6.09. The summed E-state index contributed by atoms with van der Waals surface area (Å²) < 4.78 is 5.24. The van der Waals surface area contributed by atoms with Crippen molar-refractivity contribution in [2.75, 3.05) is 17.7 Å². The first-order valence-electron chi connectivity index (χ1n) is 8.91. The van der Waals surface area contributed by atoms with Gasteiger partial charge in [0.25, 0.3) is 11.8 Å². The van der Waals surface area contributed by atoms with E-state index in [0.29, 0.717) is 22.7 Å². The van der Waals surface area contributed by atoms with Crippen molar-refractivity contribution < 1.29 is 14.3 Å². The zero-order valence-corrected chi connectivity index (χ0v) is 15.7. The molecule has 0 aliphatic rings. The summed E-state index contributed by atoms with van der Waals surface area (Å²) >= 11 is 0. The molecule has 6 nitrogen and oxygen atoms in total. The molecule has 6 heteroatoms. The van der Waals surface area contributed by atoms with Crippen molar-refractivity contribution in [3.8, 4) is 5.75 Å². The Morgan fingerprint density at radius 1 is 0.964 bits per heavy atom. The zero-order valence-electron chi connectivity index (χ0n) is 15.7. The molecule has 0 fully saturated rings. The molecule has 3 rings (SSSR count). The molecule has 0 saturated heterocycles. The number of amides is 2. The number of carbonyl (C=O) groups is 2. The number of aromatic nitrogens is 1. The maximum atomic E-state index is 12.6. The Bertz CT molecular complexity index is 984. The van der Waals surface area contributed by atoms with Crippen molar-refractivity contribution >= 4 is 23.2 Å². The first-order valence-corrected chi connectivity index (χ1v) is 8.91. The van der Waals surface area contributed by atoms with Crippen molar-refractivity contribution in [2.24, 2.45) is 0 Å². The Morgan fingerprint density at radius 2 is 1.71 bits per heavy atom. The summed E-state index contributed by atoms with van der Waals surface area (Å²) in [4.78, 5) is 29.1. The van der Waals surface area contributed by atoms with Crippen molar-refractivity contribution in [1.29, 1.82) is 0 Å². The first-order chi connectivity index (χ1) is 13.6. The van der Waals surface area contributed by atoms with Crippen molar-refractivity contribution in [3.05, 3.63) is 83.7 Å². The van der Waals surface area contributed by atoms with E-state index in [1.807, 2.05) is 30.3 Å². The summed E-state index contributed by atoms with van der Waals surface area (Å²) in [6, 6.07) is 17.7. The molecular formula is C22H21N3O3. The lowest BCUT2D eigenvalue weighted by molar-refractivity contribution is 0.102. The lowest BCUT2D eigenvalue weighted by Gasteiger charge is -2.10. The smallest absolute Gasteiger partial charge is 0.274 e. The molecule has 3 aromatic rings. The highest BCUT2D eigenvalue weighted by atomic mass is 16.5. The van der Waals surface area contributed by atoms with Crippen LogP contribution in [0.15, 0.2) is 66.9 Å². The Hall–Kier alpha value is -3.67. The molecule has 0 saturated carbocycles. The van der Waals surface area contributed by atoms with Gasteiger partial charge in [-0.25, -0.2) is 0 Å². The lowest BCUT2D eigenvalue weighted by atomic mass is 10.1. The Morgan fingerprint density at radius 3 is 2.43 bits per heavy atom. The van der Waals surface area contributed by atoms with Crippen LogP contribution in [0.3, 0.4) is 0 Å². The molecule has 2 amide bonds. The molecule has 1 aromatic heterocycles. The van der Waals surface area contributed by atoms with Crippen molar-refractivity contribution in [1.82, 2.24) is 4.98 Å². The number of rotatable bonds is 6. The predicted molar refractivity (Wildman–Crippen MR) is 109 cm³/mol. The van der Waals surface area contributed by atoms with E-state index in [0.717, 1.165) is 6.42 Å². The highest BCUT2D eigenvalue weighted by Gasteiger charge is 2.14. The van der Waals surface area contributed by atoms with E-state index in [4.69, 9.17) is 4.74 Å². The third-order valence-electron chi connectivity index (χ3n) is 4.23. The molecule has 0 unspecified atom stereocenters. The van der Waals surface area contributed by atoms with Gasteiger partial charge in [0.15, 0.2) is 0 Å². The van der Waals surface area contributed by atoms with Crippen LogP contribution >= 0.6 is 0 Å². The van der Waals surface area contributed by atoms with Gasteiger partial charge in [-0.2, -0.15) is 0 Å². The normalized spacial score (nSPS) is 10.2. The number of pyridine rings is 1. The second kappa shape index (κ2) is 8.81. The predicted octanol–water partition coefficient (Wildman–Crippen LogP) is 4.16. The van der Waals surface area contributed by atoms with Crippen LogP contribution < -0.4 is 15.4 Å². The number of ether oxygens (including phenoxy) is 1. The maximum absolute atomic E-state index is 12.6. The highest BCUT2D eigenvalue weighted by Crippen LogP contribution is 2.23. The largest absolute Gasteiger partial charge is 0.495 e. The van der Waals surface area contributed by atoms with E-state index in [1.54, 1.807) is 24.3 Å². The summed E-state index contributed by atoms with van der Waals surface area (Å²) in [6.45, 7) is 2.07. The summed E-state index contributed by atoms with van der Waals surface area (Å²) in [5.74, 6) is -0.178. The number of hydrogen-bond donors (Lipinski definition) is 2. The zero-order chi connectivity index (χ0) is 19.9. The van der Waals surface area contributed by atoms with E-state index in [-0.39, 0.29) is 17.5 Å². The van der Waals surface area contributed by atoms with Crippen LogP contribution in [-0.4, -0.2) is 23.9 Å². The highest BCUT2D eigenvalue weighted by molar-refractivity contribution is 6.08. The number of hydrogen-bond acceptors (Lipinski definition) is 4. The average molecular weight is 375 g/mol. The summed E-state index contributed by atoms with van der Waals surface area (Å²) in [6.07, 6.45) is 2.37.